The Hall–Kier alpha value is -0.620. The number of rotatable bonds is 1. The molecule has 0 bridgehead atoms. The van der Waals surface area contributed by atoms with Gasteiger partial charge < -0.3 is 0 Å². The van der Waals surface area contributed by atoms with Crippen molar-refractivity contribution in [1.82, 2.24) is 4.98 Å². The SMILES string of the molecule is FC(F)c1c(C(F)(F)F)ncc(Cl)c1Cl. The predicted octanol–water partition coefficient (Wildman–Crippen LogP) is 4.34. The molecule has 1 aromatic heterocycles. The summed E-state index contributed by atoms with van der Waals surface area (Å²) in [4.78, 5) is 2.81. The van der Waals surface area contributed by atoms with E-state index < -0.39 is 33.9 Å². The maximum Gasteiger partial charge on any atom is 0.433 e. The Kier molecular flexibility index (Phi) is 3.40. The van der Waals surface area contributed by atoms with Crippen molar-refractivity contribution in [3.63, 3.8) is 0 Å². The smallest absolute Gasteiger partial charge is 0.250 e. The summed E-state index contributed by atoms with van der Waals surface area (Å²) < 4.78 is 61.3. The molecule has 0 N–H and O–H groups in total. The molecule has 0 radical (unpaired) electrons. The van der Waals surface area contributed by atoms with Crippen molar-refractivity contribution in [2.24, 2.45) is 0 Å². The van der Waals surface area contributed by atoms with Gasteiger partial charge in [0.05, 0.1) is 15.6 Å². The Labute approximate surface area is 90.8 Å². The van der Waals surface area contributed by atoms with Crippen LogP contribution >= 0.6 is 23.2 Å². The molecule has 0 saturated heterocycles. The van der Waals surface area contributed by atoms with Crippen molar-refractivity contribution < 1.29 is 22.0 Å². The lowest BCUT2D eigenvalue weighted by Crippen LogP contribution is -2.12. The Morgan fingerprint density at radius 2 is 1.73 bits per heavy atom. The third kappa shape index (κ3) is 2.49. The van der Waals surface area contributed by atoms with Gasteiger partial charge in [-0.25, -0.2) is 13.8 Å². The minimum Gasteiger partial charge on any atom is -0.250 e. The van der Waals surface area contributed by atoms with Crippen molar-refractivity contribution in [2.75, 3.05) is 0 Å². The molecule has 1 aromatic rings. The topological polar surface area (TPSA) is 12.9 Å². The molecule has 0 saturated carbocycles. The maximum atomic E-state index is 12.3. The first-order valence-corrected chi connectivity index (χ1v) is 4.20. The molecule has 1 rings (SSSR count). The predicted molar refractivity (Wildman–Crippen MR) is 44.2 cm³/mol. The Balaban J connectivity index is 3.47. The number of hydrogen-bond donors (Lipinski definition) is 0. The first kappa shape index (κ1) is 12.4. The summed E-state index contributed by atoms with van der Waals surface area (Å²) in [7, 11) is 0. The van der Waals surface area contributed by atoms with E-state index in [0.717, 1.165) is 0 Å². The normalized spacial score (nSPS) is 12.3. The van der Waals surface area contributed by atoms with Crippen molar-refractivity contribution >= 4 is 23.2 Å². The van der Waals surface area contributed by atoms with Crippen LogP contribution in [0, 0.1) is 0 Å². The van der Waals surface area contributed by atoms with Gasteiger partial charge in [0.15, 0.2) is 5.69 Å². The molecule has 8 heteroatoms. The average Bonchev–Trinajstić information content (AvgIpc) is 2.06. The minimum atomic E-state index is -4.99. The van der Waals surface area contributed by atoms with Crippen LogP contribution in [0.4, 0.5) is 22.0 Å². The number of aromatic nitrogens is 1. The fraction of sp³-hybridized carbons (Fsp3) is 0.286. The Morgan fingerprint density at radius 1 is 1.20 bits per heavy atom. The standard InChI is InChI=1S/C7H2Cl2F5N/c8-2-1-15-5(7(12,13)14)3(4(2)9)6(10)11/h1,6H. The van der Waals surface area contributed by atoms with E-state index in [2.05, 4.69) is 4.98 Å². The number of alkyl halides is 5. The summed E-state index contributed by atoms with van der Waals surface area (Å²) in [5.41, 5.74) is -3.11. The quantitative estimate of drug-likeness (QED) is 0.689. The molecule has 84 valence electrons. The highest BCUT2D eigenvalue weighted by molar-refractivity contribution is 6.42. The maximum absolute atomic E-state index is 12.3. The first-order chi connectivity index (χ1) is 6.75. The zero-order chi connectivity index (χ0) is 11.8. The number of pyridine rings is 1. The summed E-state index contributed by atoms with van der Waals surface area (Å²) in [6, 6.07) is 0. The van der Waals surface area contributed by atoms with Gasteiger partial charge in [-0.05, 0) is 0 Å². The molecule has 0 fully saturated rings. The van der Waals surface area contributed by atoms with Crippen molar-refractivity contribution in [3.05, 3.63) is 27.5 Å². The molecule has 0 unspecified atom stereocenters. The lowest BCUT2D eigenvalue weighted by atomic mass is 10.2. The van der Waals surface area contributed by atoms with E-state index in [4.69, 9.17) is 23.2 Å². The summed E-state index contributed by atoms with van der Waals surface area (Å²) in [5, 5.41) is -1.27. The van der Waals surface area contributed by atoms with Crippen LogP contribution in [0.25, 0.3) is 0 Å². The molecular weight excluding hydrogens is 264 g/mol. The second kappa shape index (κ2) is 4.09. The highest BCUT2D eigenvalue weighted by Crippen LogP contribution is 2.40. The monoisotopic (exact) mass is 265 g/mol. The third-order valence-electron chi connectivity index (χ3n) is 1.49. The van der Waals surface area contributed by atoms with Gasteiger partial charge >= 0.3 is 6.18 Å². The van der Waals surface area contributed by atoms with Crippen LogP contribution in [-0.4, -0.2) is 4.98 Å². The minimum absolute atomic E-state index is 0.444. The van der Waals surface area contributed by atoms with Crippen LogP contribution < -0.4 is 0 Å². The first-order valence-electron chi connectivity index (χ1n) is 3.44. The van der Waals surface area contributed by atoms with Gasteiger partial charge in [0, 0.05) is 6.20 Å². The average molecular weight is 266 g/mol. The third-order valence-corrected chi connectivity index (χ3v) is 2.29. The molecule has 0 aliphatic carbocycles. The van der Waals surface area contributed by atoms with Crippen molar-refractivity contribution in [1.29, 1.82) is 0 Å². The van der Waals surface area contributed by atoms with Crippen LogP contribution in [0.15, 0.2) is 6.20 Å². The molecule has 1 heterocycles. The number of nitrogens with zero attached hydrogens (tertiary/aromatic N) is 1. The molecule has 0 amide bonds. The molecule has 0 spiro atoms. The Bertz CT molecular complexity index is 376. The molecule has 0 aromatic carbocycles. The fourth-order valence-corrected chi connectivity index (χ4v) is 1.28. The van der Waals surface area contributed by atoms with Gasteiger partial charge in [0.1, 0.15) is 0 Å². The van der Waals surface area contributed by atoms with Crippen molar-refractivity contribution in [2.45, 2.75) is 12.6 Å². The second-order valence-electron chi connectivity index (χ2n) is 2.48. The highest BCUT2D eigenvalue weighted by Gasteiger charge is 2.39. The molecule has 0 atom stereocenters. The zero-order valence-electron chi connectivity index (χ0n) is 6.75. The van der Waals surface area contributed by atoms with Gasteiger partial charge in [0.2, 0.25) is 0 Å². The van der Waals surface area contributed by atoms with Gasteiger partial charge in [0.25, 0.3) is 6.43 Å². The lowest BCUT2D eigenvalue weighted by molar-refractivity contribution is -0.143. The van der Waals surface area contributed by atoms with Crippen LogP contribution in [0.3, 0.4) is 0 Å². The number of halogens is 7. The van der Waals surface area contributed by atoms with E-state index in [9.17, 15) is 22.0 Å². The van der Waals surface area contributed by atoms with E-state index in [1.54, 1.807) is 0 Å². The van der Waals surface area contributed by atoms with Crippen molar-refractivity contribution in [3.8, 4) is 0 Å². The van der Waals surface area contributed by atoms with E-state index in [0.29, 0.717) is 6.20 Å². The second-order valence-corrected chi connectivity index (χ2v) is 3.27. The lowest BCUT2D eigenvalue weighted by Gasteiger charge is -2.12. The largest absolute Gasteiger partial charge is 0.433 e. The van der Waals surface area contributed by atoms with Crippen LogP contribution in [0.2, 0.25) is 10.0 Å². The molecular formula is C7H2Cl2F5N. The van der Waals surface area contributed by atoms with Crippen LogP contribution in [-0.2, 0) is 6.18 Å². The van der Waals surface area contributed by atoms with Crippen LogP contribution in [0.1, 0.15) is 17.7 Å². The number of hydrogen-bond acceptors (Lipinski definition) is 1. The summed E-state index contributed by atoms with van der Waals surface area (Å²) in [6.07, 6.45) is -7.79. The Morgan fingerprint density at radius 3 is 2.13 bits per heavy atom. The van der Waals surface area contributed by atoms with Gasteiger partial charge in [-0.15, -0.1) is 0 Å². The van der Waals surface area contributed by atoms with E-state index in [1.165, 1.54) is 0 Å². The zero-order valence-corrected chi connectivity index (χ0v) is 8.26. The van der Waals surface area contributed by atoms with E-state index >= 15 is 0 Å². The highest BCUT2D eigenvalue weighted by atomic mass is 35.5. The molecule has 0 aliphatic rings. The summed E-state index contributed by atoms with van der Waals surface area (Å²) >= 11 is 10.5. The summed E-state index contributed by atoms with van der Waals surface area (Å²) in [6.45, 7) is 0. The van der Waals surface area contributed by atoms with Gasteiger partial charge in [-0.1, -0.05) is 23.2 Å². The van der Waals surface area contributed by atoms with Gasteiger partial charge in [-0.2, -0.15) is 13.2 Å². The van der Waals surface area contributed by atoms with E-state index in [-0.39, 0.29) is 0 Å². The van der Waals surface area contributed by atoms with Gasteiger partial charge in [-0.3, -0.25) is 0 Å². The fourth-order valence-electron chi connectivity index (χ4n) is 0.905. The molecule has 15 heavy (non-hydrogen) atoms. The van der Waals surface area contributed by atoms with E-state index in [1.807, 2.05) is 0 Å². The summed E-state index contributed by atoms with van der Waals surface area (Å²) in [5.74, 6) is 0. The molecule has 0 aliphatic heterocycles. The van der Waals surface area contributed by atoms with Crippen LogP contribution in [0.5, 0.6) is 0 Å². The molecule has 1 nitrogen and oxygen atoms in total.